The van der Waals surface area contributed by atoms with Gasteiger partial charge in [-0.2, -0.15) is 0 Å². The SMILES string of the molecule is CC(=O)Nc1cc(C)c(Br)cc1F. The number of rotatable bonds is 1. The molecule has 0 saturated carbocycles. The molecule has 1 rings (SSSR count). The van der Waals surface area contributed by atoms with Crippen molar-refractivity contribution < 1.29 is 9.18 Å². The van der Waals surface area contributed by atoms with Gasteiger partial charge in [0.05, 0.1) is 5.69 Å². The van der Waals surface area contributed by atoms with E-state index in [4.69, 9.17) is 0 Å². The lowest BCUT2D eigenvalue weighted by atomic mass is 10.2. The van der Waals surface area contributed by atoms with E-state index < -0.39 is 5.82 Å². The number of halogens is 2. The zero-order valence-electron chi connectivity index (χ0n) is 7.32. The highest BCUT2D eigenvalue weighted by molar-refractivity contribution is 9.10. The first kappa shape index (κ1) is 10.2. The summed E-state index contributed by atoms with van der Waals surface area (Å²) in [6.45, 7) is 3.17. The van der Waals surface area contributed by atoms with Crippen LogP contribution in [0.4, 0.5) is 10.1 Å². The van der Waals surface area contributed by atoms with Crippen molar-refractivity contribution in [2.45, 2.75) is 13.8 Å². The number of anilines is 1. The van der Waals surface area contributed by atoms with Gasteiger partial charge >= 0.3 is 0 Å². The Morgan fingerprint density at radius 1 is 1.54 bits per heavy atom. The van der Waals surface area contributed by atoms with Crippen LogP contribution in [-0.4, -0.2) is 5.91 Å². The van der Waals surface area contributed by atoms with Gasteiger partial charge < -0.3 is 5.32 Å². The molecule has 0 unspecified atom stereocenters. The summed E-state index contributed by atoms with van der Waals surface area (Å²) in [6.07, 6.45) is 0. The highest BCUT2D eigenvalue weighted by Gasteiger charge is 2.06. The molecule has 0 radical (unpaired) electrons. The average molecular weight is 246 g/mol. The van der Waals surface area contributed by atoms with Gasteiger partial charge in [-0.05, 0) is 24.6 Å². The molecule has 0 aliphatic carbocycles. The standard InChI is InChI=1S/C9H9BrFNO/c1-5-3-9(12-6(2)13)8(11)4-7(5)10/h3-4H,1-2H3,(H,12,13). The molecule has 70 valence electrons. The van der Waals surface area contributed by atoms with Crippen molar-refractivity contribution in [3.05, 3.63) is 28.0 Å². The Morgan fingerprint density at radius 3 is 2.69 bits per heavy atom. The third kappa shape index (κ3) is 2.52. The van der Waals surface area contributed by atoms with Crippen LogP contribution in [0.1, 0.15) is 12.5 Å². The van der Waals surface area contributed by atoms with Crippen molar-refractivity contribution in [2.24, 2.45) is 0 Å². The average Bonchev–Trinajstić information content (AvgIpc) is 1.99. The second-order valence-corrected chi connectivity index (χ2v) is 3.62. The van der Waals surface area contributed by atoms with Crippen LogP contribution in [0.5, 0.6) is 0 Å². The Morgan fingerprint density at radius 2 is 2.15 bits per heavy atom. The Labute approximate surface area is 84.3 Å². The van der Waals surface area contributed by atoms with Crippen molar-refractivity contribution in [3.8, 4) is 0 Å². The van der Waals surface area contributed by atoms with Crippen LogP contribution >= 0.6 is 15.9 Å². The fourth-order valence-corrected chi connectivity index (χ4v) is 1.26. The van der Waals surface area contributed by atoms with Gasteiger partial charge in [0.2, 0.25) is 5.91 Å². The summed E-state index contributed by atoms with van der Waals surface area (Å²) in [5.41, 5.74) is 1.10. The van der Waals surface area contributed by atoms with Gasteiger partial charge in [-0.25, -0.2) is 4.39 Å². The number of hydrogen-bond acceptors (Lipinski definition) is 1. The molecule has 2 nitrogen and oxygen atoms in total. The molecule has 1 aromatic carbocycles. The van der Waals surface area contributed by atoms with Gasteiger partial charge in [-0.3, -0.25) is 4.79 Å². The monoisotopic (exact) mass is 245 g/mol. The lowest BCUT2D eigenvalue weighted by Crippen LogP contribution is -2.07. The summed E-state index contributed by atoms with van der Waals surface area (Å²) < 4.78 is 13.8. The maximum absolute atomic E-state index is 13.1. The quantitative estimate of drug-likeness (QED) is 0.810. The Bertz CT molecular complexity index is 352. The summed E-state index contributed by atoms with van der Waals surface area (Å²) >= 11 is 3.19. The number of carbonyl (C=O) groups is 1. The van der Waals surface area contributed by atoms with Crippen LogP contribution in [-0.2, 0) is 4.79 Å². The van der Waals surface area contributed by atoms with Gasteiger partial charge in [-0.1, -0.05) is 15.9 Å². The number of aryl methyl sites for hydroxylation is 1. The predicted molar refractivity (Wildman–Crippen MR) is 53.1 cm³/mol. The second-order valence-electron chi connectivity index (χ2n) is 2.76. The van der Waals surface area contributed by atoms with Crippen LogP contribution in [0.3, 0.4) is 0 Å². The van der Waals surface area contributed by atoms with Crippen LogP contribution in [0.25, 0.3) is 0 Å². The molecule has 0 heterocycles. The van der Waals surface area contributed by atoms with Crippen molar-refractivity contribution in [1.82, 2.24) is 0 Å². The highest BCUT2D eigenvalue weighted by Crippen LogP contribution is 2.23. The Hall–Kier alpha value is -0.900. The molecule has 0 spiro atoms. The third-order valence-electron chi connectivity index (χ3n) is 1.56. The highest BCUT2D eigenvalue weighted by atomic mass is 79.9. The first-order valence-corrected chi connectivity index (χ1v) is 4.53. The number of nitrogens with one attached hydrogen (secondary N) is 1. The molecule has 1 amide bonds. The Kier molecular flexibility index (Phi) is 3.03. The van der Waals surface area contributed by atoms with E-state index >= 15 is 0 Å². The zero-order chi connectivity index (χ0) is 10.0. The number of carbonyl (C=O) groups excluding carboxylic acids is 1. The van der Waals surface area contributed by atoms with Gasteiger partial charge in [0.25, 0.3) is 0 Å². The van der Waals surface area contributed by atoms with Crippen LogP contribution in [0.15, 0.2) is 16.6 Å². The molecule has 4 heteroatoms. The van der Waals surface area contributed by atoms with E-state index in [0.717, 1.165) is 5.56 Å². The van der Waals surface area contributed by atoms with Crippen molar-refractivity contribution in [1.29, 1.82) is 0 Å². The van der Waals surface area contributed by atoms with E-state index in [2.05, 4.69) is 21.2 Å². The smallest absolute Gasteiger partial charge is 0.221 e. The van der Waals surface area contributed by atoms with Crippen molar-refractivity contribution >= 4 is 27.5 Å². The molecule has 1 aromatic rings. The lowest BCUT2D eigenvalue weighted by molar-refractivity contribution is -0.114. The maximum atomic E-state index is 13.1. The topological polar surface area (TPSA) is 29.1 Å². The van der Waals surface area contributed by atoms with E-state index in [1.165, 1.54) is 13.0 Å². The number of hydrogen-bond donors (Lipinski definition) is 1. The van der Waals surface area contributed by atoms with Gasteiger partial charge in [0, 0.05) is 11.4 Å². The minimum absolute atomic E-state index is 0.216. The predicted octanol–water partition coefficient (Wildman–Crippen LogP) is 2.86. The minimum atomic E-state index is -0.437. The number of benzene rings is 1. The van der Waals surface area contributed by atoms with Crippen molar-refractivity contribution in [3.63, 3.8) is 0 Å². The first-order chi connectivity index (χ1) is 6.00. The van der Waals surface area contributed by atoms with Crippen molar-refractivity contribution in [2.75, 3.05) is 5.32 Å². The first-order valence-electron chi connectivity index (χ1n) is 3.74. The molecular formula is C9H9BrFNO. The summed E-state index contributed by atoms with van der Waals surface area (Å²) in [5, 5.41) is 2.41. The molecule has 1 N–H and O–H groups in total. The zero-order valence-corrected chi connectivity index (χ0v) is 8.90. The number of amides is 1. The van der Waals surface area contributed by atoms with Crippen LogP contribution in [0.2, 0.25) is 0 Å². The van der Waals surface area contributed by atoms with Crippen LogP contribution in [0, 0.1) is 12.7 Å². The molecule has 0 bridgehead atoms. The van der Waals surface area contributed by atoms with E-state index in [1.54, 1.807) is 6.07 Å². The molecule has 0 atom stereocenters. The normalized spacial score (nSPS) is 9.85. The molecule has 0 aliphatic heterocycles. The fourth-order valence-electron chi connectivity index (χ4n) is 0.943. The summed E-state index contributed by atoms with van der Waals surface area (Å²) in [7, 11) is 0. The maximum Gasteiger partial charge on any atom is 0.221 e. The Balaban J connectivity index is 3.08. The third-order valence-corrected chi connectivity index (χ3v) is 2.41. The molecule has 0 saturated heterocycles. The summed E-state index contributed by atoms with van der Waals surface area (Å²) in [6, 6.07) is 2.92. The minimum Gasteiger partial charge on any atom is -0.324 e. The van der Waals surface area contributed by atoms with Gasteiger partial charge in [0.15, 0.2) is 0 Å². The fraction of sp³-hybridized carbons (Fsp3) is 0.222. The largest absolute Gasteiger partial charge is 0.324 e. The molecule has 0 aliphatic rings. The van der Waals surface area contributed by atoms with E-state index in [1.807, 2.05) is 6.92 Å². The van der Waals surface area contributed by atoms with Crippen LogP contribution < -0.4 is 5.32 Å². The lowest BCUT2D eigenvalue weighted by Gasteiger charge is -2.06. The summed E-state index contributed by atoms with van der Waals surface area (Å²) in [4.78, 5) is 10.7. The van der Waals surface area contributed by atoms with E-state index in [9.17, 15) is 9.18 Å². The molecule has 13 heavy (non-hydrogen) atoms. The van der Waals surface area contributed by atoms with Gasteiger partial charge in [-0.15, -0.1) is 0 Å². The molecular weight excluding hydrogens is 237 g/mol. The second kappa shape index (κ2) is 3.87. The summed E-state index contributed by atoms with van der Waals surface area (Å²) in [5.74, 6) is -0.715. The molecule has 0 fully saturated rings. The van der Waals surface area contributed by atoms with E-state index in [-0.39, 0.29) is 11.6 Å². The van der Waals surface area contributed by atoms with Gasteiger partial charge in [0.1, 0.15) is 5.82 Å². The van der Waals surface area contributed by atoms with E-state index in [0.29, 0.717) is 4.47 Å². The molecule has 0 aromatic heterocycles.